The average molecular weight is 1600 g/mol. The summed E-state index contributed by atoms with van der Waals surface area (Å²) >= 11 is 1.87. The second-order valence-corrected chi connectivity index (χ2v) is 31.9. The number of para-hydroxylation sites is 4. The van der Waals surface area contributed by atoms with Crippen LogP contribution in [0.4, 0.5) is 0 Å². The fourth-order valence-corrected chi connectivity index (χ4v) is 19.1. The molecule has 124 heavy (non-hydrogen) atoms. The maximum absolute atomic E-state index is 5.17. The van der Waals surface area contributed by atoms with Gasteiger partial charge in [0.1, 0.15) is 0 Å². The molecule has 0 bridgehead atoms. The Labute approximate surface area is 716 Å². The molecule has 580 valence electrons. The lowest BCUT2D eigenvalue weighted by molar-refractivity contribution is 0.953. The van der Waals surface area contributed by atoms with E-state index in [9.17, 15) is 0 Å². The highest BCUT2D eigenvalue weighted by molar-refractivity contribution is 7.26. The van der Waals surface area contributed by atoms with Gasteiger partial charge in [-0.3, -0.25) is 4.57 Å². The van der Waals surface area contributed by atoms with Crippen molar-refractivity contribution < 1.29 is 0 Å². The highest BCUT2D eigenvalue weighted by atomic mass is 32.1. The second kappa shape index (κ2) is 31.0. The molecule has 0 aliphatic heterocycles. The van der Waals surface area contributed by atoms with Gasteiger partial charge in [0.15, 0.2) is 34.9 Å². The van der Waals surface area contributed by atoms with E-state index in [4.69, 9.17) is 39.9 Å². The van der Waals surface area contributed by atoms with Crippen molar-refractivity contribution in [2.24, 2.45) is 0 Å². The molecule has 0 radical (unpaired) electrons. The monoisotopic (exact) mass is 1600 g/mol. The smallest absolute Gasteiger partial charge is 0.238 e. The van der Waals surface area contributed by atoms with Crippen molar-refractivity contribution in [3.63, 3.8) is 0 Å². The van der Waals surface area contributed by atoms with Crippen molar-refractivity contribution >= 4 is 129 Å². The van der Waals surface area contributed by atoms with Crippen LogP contribution in [-0.4, -0.2) is 53.6 Å². The molecule has 18 aromatic carbocycles. The number of hydrogen-bond acceptors (Lipinski definition) is 9. The van der Waals surface area contributed by atoms with Crippen molar-refractivity contribution in [3.05, 3.63) is 431 Å². The van der Waals surface area contributed by atoms with E-state index in [1.165, 1.54) is 79.6 Å². The minimum atomic E-state index is 0.585. The molecule has 0 N–H and O–H groups in total. The van der Waals surface area contributed by atoms with Gasteiger partial charge in [-0.15, -0.1) is 11.3 Å². The first-order chi connectivity index (χ1) is 61.5. The van der Waals surface area contributed by atoms with Gasteiger partial charge in [0.05, 0.1) is 50.7 Å². The van der Waals surface area contributed by atoms with E-state index >= 15 is 0 Å². The predicted octanol–water partition coefficient (Wildman–Crippen LogP) is 28.7. The Balaban J connectivity index is 0.000000108. The van der Waals surface area contributed by atoms with Crippen molar-refractivity contribution in [1.82, 2.24) is 53.6 Å². The largest absolute Gasteiger partial charge is 0.307 e. The van der Waals surface area contributed by atoms with Crippen molar-refractivity contribution in [3.8, 4) is 108 Å². The van der Waals surface area contributed by atoms with Crippen LogP contribution in [0, 0.1) is 0 Å². The van der Waals surface area contributed by atoms with Crippen LogP contribution in [-0.2, 0) is 0 Å². The molecule has 0 spiro atoms. The second-order valence-electron chi connectivity index (χ2n) is 30.8. The number of aromatic nitrogens is 11. The van der Waals surface area contributed by atoms with Crippen LogP contribution in [0.5, 0.6) is 0 Å². The summed E-state index contributed by atoms with van der Waals surface area (Å²) in [5.74, 6) is 4.55. The molecule has 0 aliphatic carbocycles. The Morgan fingerprint density at radius 1 is 0.202 bits per heavy atom. The van der Waals surface area contributed by atoms with Gasteiger partial charge in [-0.25, -0.2) is 29.9 Å². The third kappa shape index (κ3) is 12.8. The van der Waals surface area contributed by atoms with Crippen LogP contribution < -0.4 is 0 Å². The summed E-state index contributed by atoms with van der Waals surface area (Å²) in [5, 5.41) is 17.5. The quantitative estimate of drug-likeness (QED) is 0.118. The Bertz CT molecular complexity index is 8260. The molecule has 0 saturated heterocycles. The zero-order valence-corrected chi connectivity index (χ0v) is 67.6. The molecule has 0 atom stereocenters. The molecule has 25 aromatic rings. The lowest BCUT2D eigenvalue weighted by atomic mass is 9.92. The third-order valence-corrected chi connectivity index (χ3v) is 24.7. The fraction of sp³-hybridized carbons (Fsp3) is 0. The third-order valence-electron chi connectivity index (χ3n) is 23.5. The van der Waals surface area contributed by atoms with E-state index in [0.717, 1.165) is 111 Å². The first-order valence-electron chi connectivity index (χ1n) is 41.5. The summed E-state index contributed by atoms with van der Waals surface area (Å²) in [6.07, 6.45) is 1.98. The van der Waals surface area contributed by atoms with E-state index < -0.39 is 0 Å². The minimum absolute atomic E-state index is 0.585. The summed E-state index contributed by atoms with van der Waals surface area (Å²) in [5.41, 5.74) is 18.8. The summed E-state index contributed by atoms with van der Waals surface area (Å²) in [6, 6.07) is 148. The number of hydrogen-bond donors (Lipinski definition) is 0. The Kier molecular flexibility index (Phi) is 18.2. The van der Waals surface area contributed by atoms with E-state index in [1.807, 2.05) is 163 Å². The molecule has 25 rings (SSSR count). The molecule has 11 nitrogen and oxygen atoms in total. The van der Waals surface area contributed by atoms with Gasteiger partial charge in [-0.1, -0.05) is 370 Å². The molecule has 7 heterocycles. The Hall–Kier alpha value is -16.5. The number of rotatable bonds is 11. The van der Waals surface area contributed by atoms with E-state index in [-0.39, 0.29) is 0 Å². The molecule has 7 aromatic heterocycles. The lowest BCUT2D eigenvalue weighted by Gasteiger charge is -2.14. The number of fused-ring (bicyclic) bond motifs is 20. The summed E-state index contributed by atoms with van der Waals surface area (Å²) in [6.45, 7) is 0. The standard InChI is InChI=1S/C39H25N5.C39H25N3.C34H21N3S/c1-4-14-26(15-5-1)37-40-38(27-16-6-2-7-17-27)42-39(41-37)44-34-23-13-11-21-30(34)32-25-24-31-29-20-10-12-22-33(29)43(35(31)36(32)44)28-18-8-3-9-19-28;1-3-12-26(13-4-1)37-40-38(27-14-5-2-6-15-27)42-39(41-37)30-17-11-16-28(24-30)29-22-23-35-33-20-8-7-18-31(33)32-19-9-10-21-34(32)36(35)25-29;1-3-11-22(12-4-1)32-29(21-35-34(36-32)23-13-5-2-6-14-23)37-27-17-9-7-16-26(27)31-28(37)20-19-25-24-15-8-10-18-30(24)38-33(25)31/h1-25H;1-25H;1-21H. The van der Waals surface area contributed by atoms with Crippen LogP contribution in [0.25, 0.3) is 226 Å². The maximum Gasteiger partial charge on any atom is 0.238 e. The van der Waals surface area contributed by atoms with Crippen molar-refractivity contribution in [2.45, 2.75) is 0 Å². The number of nitrogens with zero attached hydrogens (tertiary/aromatic N) is 11. The van der Waals surface area contributed by atoms with Gasteiger partial charge in [-0.05, 0) is 98.0 Å². The van der Waals surface area contributed by atoms with Gasteiger partial charge >= 0.3 is 0 Å². The highest BCUT2D eigenvalue weighted by Crippen LogP contribution is 2.47. The van der Waals surface area contributed by atoms with Gasteiger partial charge in [-0.2, -0.15) is 9.97 Å². The van der Waals surface area contributed by atoms with Crippen LogP contribution in [0.1, 0.15) is 0 Å². The highest BCUT2D eigenvalue weighted by Gasteiger charge is 2.26. The summed E-state index contributed by atoms with van der Waals surface area (Å²) < 4.78 is 9.58. The maximum atomic E-state index is 5.17. The summed E-state index contributed by atoms with van der Waals surface area (Å²) in [4.78, 5) is 40.0. The average Bonchev–Trinajstić information content (AvgIpc) is 1.38. The molecule has 0 aliphatic rings. The Morgan fingerprint density at radius 3 is 1.10 bits per heavy atom. The number of benzene rings is 18. The van der Waals surface area contributed by atoms with Crippen molar-refractivity contribution in [1.29, 1.82) is 0 Å². The normalized spacial score (nSPS) is 11.5. The van der Waals surface area contributed by atoms with E-state index in [1.54, 1.807) is 0 Å². The molecular formula is C112H71N11S. The molecular weight excluding hydrogens is 1530 g/mol. The zero-order valence-electron chi connectivity index (χ0n) is 66.8. The topological polar surface area (TPSA) is 118 Å². The fourth-order valence-electron chi connectivity index (χ4n) is 17.9. The van der Waals surface area contributed by atoms with Crippen LogP contribution in [0.15, 0.2) is 431 Å². The Morgan fingerprint density at radius 2 is 0.565 bits per heavy atom. The summed E-state index contributed by atoms with van der Waals surface area (Å²) in [7, 11) is 0. The SMILES string of the molecule is c1ccc(-c2nc(-c3ccccc3)nc(-c3cccc(-c4ccc5c6ccccc6c6ccccc6c5c4)c3)n2)cc1.c1ccc(-c2nc(-c3ccccc3)nc(-n3c4ccccc4c4ccc5c6ccccc6n(-c6ccccc6)c5c43)n2)cc1.c1ccc(-c2ncc(-n3c4ccccc4c4c5sc6ccccc6c5ccc43)c(-c3ccccc3)n2)cc1. The van der Waals surface area contributed by atoms with Gasteiger partial charge < -0.3 is 9.13 Å². The molecule has 0 amide bonds. The molecule has 0 saturated carbocycles. The van der Waals surface area contributed by atoms with Gasteiger partial charge in [0.25, 0.3) is 0 Å². The lowest BCUT2D eigenvalue weighted by Crippen LogP contribution is -2.07. The zero-order chi connectivity index (χ0) is 82.0. The van der Waals surface area contributed by atoms with E-state index in [0.29, 0.717) is 35.1 Å². The van der Waals surface area contributed by atoms with Crippen LogP contribution >= 0.6 is 11.3 Å². The predicted molar refractivity (Wildman–Crippen MR) is 514 cm³/mol. The van der Waals surface area contributed by atoms with Crippen LogP contribution in [0.3, 0.4) is 0 Å². The van der Waals surface area contributed by atoms with Gasteiger partial charge in [0, 0.05) is 97.1 Å². The first kappa shape index (κ1) is 72.7. The minimum Gasteiger partial charge on any atom is -0.307 e. The molecule has 0 unspecified atom stereocenters. The molecule has 12 heteroatoms. The van der Waals surface area contributed by atoms with E-state index in [2.05, 4.69) is 293 Å². The van der Waals surface area contributed by atoms with Gasteiger partial charge in [0.2, 0.25) is 5.95 Å². The molecule has 0 fully saturated rings. The first-order valence-corrected chi connectivity index (χ1v) is 42.4. The van der Waals surface area contributed by atoms with Crippen molar-refractivity contribution in [2.75, 3.05) is 0 Å². The van der Waals surface area contributed by atoms with Crippen LogP contribution in [0.2, 0.25) is 0 Å². The number of thiophene rings is 1.